The number of hydrogen-bond donors (Lipinski definition) is 9. The minimum Gasteiger partial charge on any atom is -0.458 e. The molecule has 11 rings (SSSR count). The van der Waals surface area contributed by atoms with Crippen LogP contribution in [0.25, 0.3) is 6.08 Å². The predicted molar refractivity (Wildman–Crippen MR) is 342 cm³/mol. The number of aliphatic hydroxyl groups is 9. The van der Waals surface area contributed by atoms with Crippen LogP contribution in [0.4, 0.5) is 0 Å². The lowest BCUT2D eigenvalue weighted by Crippen LogP contribution is -2.80. The predicted octanol–water partition coefficient (Wildman–Crippen LogP) is 2.66. The second-order valence-electron chi connectivity index (χ2n) is 28.7. The minimum atomic E-state index is -2.19. The van der Waals surface area contributed by atoms with Crippen molar-refractivity contribution in [3.05, 3.63) is 90.0 Å². The highest BCUT2D eigenvalue weighted by molar-refractivity contribution is 5.89. The van der Waals surface area contributed by atoms with Gasteiger partial charge < -0.3 is 122 Å². The van der Waals surface area contributed by atoms with E-state index >= 15 is 0 Å². The van der Waals surface area contributed by atoms with Crippen LogP contribution in [0.15, 0.2) is 78.9 Å². The lowest BCUT2D eigenvalue weighted by Gasteiger charge is -2.68. The zero-order valence-corrected chi connectivity index (χ0v) is 57.5. The second kappa shape index (κ2) is 30.0. The molecular weight excluding hydrogens is 1280 g/mol. The Morgan fingerprint density at radius 2 is 1.12 bits per heavy atom. The fraction of sp³-hybridized carbons (Fsp3) is 0.746. The number of fused-ring (bicyclic) bond motifs is 5. The van der Waals surface area contributed by atoms with Gasteiger partial charge in [0, 0.05) is 71.5 Å². The minimum absolute atomic E-state index is 0.0712. The third kappa shape index (κ3) is 13.7. The van der Waals surface area contributed by atoms with Crippen molar-refractivity contribution in [3.8, 4) is 0 Å². The average molecular weight is 1390 g/mol. The van der Waals surface area contributed by atoms with E-state index < -0.39 is 211 Å². The van der Waals surface area contributed by atoms with Gasteiger partial charge in [0.1, 0.15) is 90.1 Å². The van der Waals surface area contributed by atoms with E-state index in [2.05, 4.69) is 0 Å². The lowest BCUT2D eigenvalue weighted by atomic mass is 9.41. The van der Waals surface area contributed by atoms with Gasteiger partial charge in [0.25, 0.3) is 0 Å². The largest absolute Gasteiger partial charge is 0.458 e. The van der Waals surface area contributed by atoms with Gasteiger partial charge in [-0.3, -0.25) is 0 Å². The maximum absolute atomic E-state index is 14.0. The van der Waals surface area contributed by atoms with Gasteiger partial charge in [-0.25, -0.2) is 9.59 Å². The van der Waals surface area contributed by atoms with Crippen LogP contribution in [0.1, 0.15) is 122 Å². The standard InChI is InChI=1S/C71H102O27/c1-36-58(95-52-31-45(84-9)59(37(2)88-52)96-53-32-46(85-10)60(38(3)89-53)97-65-57(77)62(86-11)61(39(4)90-65)98-64-56(76)55(75)54(74)47(35-72)93-64)44(83-8)30-51(87-36)92-43-24-25-66(6)48-33-49(94-50(73)23-22-41-18-14-12-15-19-41)67(7)69(80,40(5)91-63(78)42-20-16-13-17-21-42)28-29-71(67,82)70(48,81)27-26-68(66,79)34-43/h12-23,26-27,36-40,43-49,51-62,64-65,72,74-77,79-82H,24-25,28-35H2,1-11H3. The number of hydrogen-bond acceptors (Lipinski definition) is 27. The van der Waals surface area contributed by atoms with E-state index in [-0.39, 0.29) is 56.9 Å². The van der Waals surface area contributed by atoms with E-state index in [1.807, 2.05) is 51.1 Å². The Balaban J connectivity index is 0.706. The van der Waals surface area contributed by atoms with Crippen LogP contribution >= 0.6 is 0 Å². The van der Waals surface area contributed by atoms with E-state index in [0.717, 1.165) is 5.56 Å². The van der Waals surface area contributed by atoms with Crippen LogP contribution in [-0.2, 0) is 80.6 Å². The topological polar surface area (TPSA) is 364 Å². The molecule has 0 radical (unpaired) electrons. The molecule has 32 unspecified atom stereocenters. The third-order valence-corrected chi connectivity index (χ3v) is 23.4. The molecule has 0 spiro atoms. The highest BCUT2D eigenvalue weighted by Crippen LogP contribution is 2.72. The number of esters is 2. The Labute approximate surface area is 571 Å². The third-order valence-electron chi connectivity index (χ3n) is 23.4. The van der Waals surface area contributed by atoms with Crippen molar-refractivity contribution in [1.29, 1.82) is 0 Å². The van der Waals surface area contributed by atoms with Gasteiger partial charge in [-0.2, -0.15) is 0 Å². The van der Waals surface area contributed by atoms with Gasteiger partial charge >= 0.3 is 11.9 Å². The summed E-state index contributed by atoms with van der Waals surface area (Å²) in [6.45, 7) is 11.5. The van der Waals surface area contributed by atoms with Crippen molar-refractivity contribution in [1.82, 2.24) is 0 Å². The smallest absolute Gasteiger partial charge is 0.338 e. The Bertz CT molecular complexity index is 3060. The van der Waals surface area contributed by atoms with Crippen molar-refractivity contribution in [2.24, 2.45) is 16.7 Å². The highest BCUT2D eigenvalue weighted by atomic mass is 16.8. The van der Waals surface area contributed by atoms with Crippen LogP contribution in [0.2, 0.25) is 0 Å². The summed E-state index contributed by atoms with van der Waals surface area (Å²) in [5, 5.41) is 106. The van der Waals surface area contributed by atoms with Crippen molar-refractivity contribution in [2.45, 2.75) is 282 Å². The van der Waals surface area contributed by atoms with Crippen LogP contribution in [-0.4, -0.2) is 269 Å². The van der Waals surface area contributed by atoms with E-state index in [0.29, 0.717) is 6.42 Å². The fourth-order valence-corrected chi connectivity index (χ4v) is 17.6. The first kappa shape index (κ1) is 75.1. The van der Waals surface area contributed by atoms with Crippen molar-refractivity contribution in [2.75, 3.05) is 35.0 Å². The number of carbonyl (C=O) groups excluding carboxylic acids is 2. The summed E-state index contributed by atoms with van der Waals surface area (Å²) in [5.41, 5.74) is -9.97. The summed E-state index contributed by atoms with van der Waals surface area (Å²) in [6.07, 6.45) is -17.6. The molecule has 98 heavy (non-hydrogen) atoms. The molecule has 32 atom stereocenters. The molecule has 5 aliphatic heterocycles. The molecule has 2 aromatic carbocycles. The molecule has 9 N–H and O–H groups in total. The SMILES string of the molecule is COC1CC(OC2CCC3(C)C4CC(OC(=O)C=Cc5ccccc5)C5(C)C(O)(C(C)OC(=O)c6ccccc6)CCC5(O)C4(O)C=CC3(O)C2)OC(C)C1OC1CC(OC)C(OC2CC(OC)C(OC3OC(C)C(OC4OC(CO)C(O)C(O)C4O)C(OC)C3O)C(C)O2)C(C)O1. The van der Waals surface area contributed by atoms with Crippen molar-refractivity contribution >= 4 is 18.0 Å². The maximum atomic E-state index is 14.0. The Morgan fingerprint density at radius 3 is 1.68 bits per heavy atom. The van der Waals surface area contributed by atoms with E-state index in [4.69, 9.17) is 75.8 Å². The lowest BCUT2D eigenvalue weighted by molar-refractivity contribution is -0.374. The molecule has 5 heterocycles. The summed E-state index contributed by atoms with van der Waals surface area (Å²) in [5.74, 6) is -2.40. The fourth-order valence-electron chi connectivity index (χ4n) is 17.6. The quantitative estimate of drug-likeness (QED) is 0.0493. The molecule has 27 nitrogen and oxygen atoms in total. The monoisotopic (exact) mass is 1390 g/mol. The molecule has 2 aromatic rings. The second-order valence-corrected chi connectivity index (χ2v) is 28.7. The zero-order chi connectivity index (χ0) is 70.6. The molecule has 0 amide bonds. The van der Waals surface area contributed by atoms with Crippen LogP contribution in [0.3, 0.4) is 0 Å². The van der Waals surface area contributed by atoms with Gasteiger partial charge in [-0.05, 0) is 90.5 Å². The molecule has 0 aromatic heterocycles. The molecule has 8 fully saturated rings. The molecular formula is C71H102O27. The Morgan fingerprint density at radius 1 is 0.592 bits per heavy atom. The highest BCUT2D eigenvalue weighted by Gasteiger charge is 2.82. The number of rotatable bonds is 21. The van der Waals surface area contributed by atoms with E-state index in [1.54, 1.807) is 77.5 Å². The number of ether oxygens (including phenoxy) is 16. The molecule has 3 saturated carbocycles. The number of aliphatic hydroxyl groups excluding tert-OH is 5. The van der Waals surface area contributed by atoms with E-state index in [1.165, 1.54) is 33.3 Å². The number of benzene rings is 2. The summed E-state index contributed by atoms with van der Waals surface area (Å²) in [6, 6.07) is 17.5. The van der Waals surface area contributed by atoms with Gasteiger partial charge in [-0.1, -0.05) is 74.5 Å². The Kier molecular flexibility index (Phi) is 23.0. The molecule has 548 valence electrons. The molecule has 0 bridgehead atoms. The van der Waals surface area contributed by atoms with Gasteiger partial charge in [0.05, 0.1) is 72.0 Å². The first-order valence-electron chi connectivity index (χ1n) is 34.3. The summed E-state index contributed by atoms with van der Waals surface area (Å²) in [4.78, 5) is 27.6. The van der Waals surface area contributed by atoms with Crippen LogP contribution in [0.5, 0.6) is 0 Å². The van der Waals surface area contributed by atoms with Crippen LogP contribution in [0, 0.1) is 16.7 Å². The maximum Gasteiger partial charge on any atom is 0.338 e. The summed E-state index contributed by atoms with van der Waals surface area (Å²) >= 11 is 0. The first-order chi connectivity index (χ1) is 46.5. The molecule has 27 heteroatoms. The summed E-state index contributed by atoms with van der Waals surface area (Å²) in [7, 11) is 6.03. The molecule has 9 aliphatic rings. The van der Waals surface area contributed by atoms with Gasteiger partial charge in [0.15, 0.2) is 31.5 Å². The summed E-state index contributed by atoms with van der Waals surface area (Å²) < 4.78 is 99.8. The normalized spacial score (nSPS) is 47.5. The number of methoxy groups -OCH3 is 4. The van der Waals surface area contributed by atoms with Crippen LogP contribution < -0.4 is 0 Å². The number of carbonyl (C=O) groups is 2. The molecule has 5 saturated heterocycles. The van der Waals surface area contributed by atoms with Gasteiger partial charge in [0.2, 0.25) is 0 Å². The van der Waals surface area contributed by atoms with Crippen molar-refractivity contribution in [3.63, 3.8) is 0 Å². The Hall–Kier alpha value is -4.06. The first-order valence-corrected chi connectivity index (χ1v) is 34.3. The molecule has 4 aliphatic carbocycles. The average Bonchev–Trinajstić information content (AvgIpc) is 1.30. The van der Waals surface area contributed by atoms with Gasteiger partial charge in [-0.15, -0.1) is 0 Å². The van der Waals surface area contributed by atoms with E-state index in [9.17, 15) is 55.5 Å². The zero-order valence-electron chi connectivity index (χ0n) is 57.5. The van der Waals surface area contributed by atoms with Crippen molar-refractivity contribution < 1.29 is 131 Å².